The number of hydrogen-bond donors (Lipinski definition) is 4. The molecule has 7 nitrogen and oxygen atoms in total. The molecule has 1 aromatic carbocycles. The predicted molar refractivity (Wildman–Crippen MR) is 115 cm³/mol. The van der Waals surface area contributed by atoms with Crippen molar-refractivity contribution in [2.24, 2.45) is 0 Å². The molecule has 0 atom stereocenters. The number of aromatic nitrogens is 4. The number of phenolic OH excluding ortho intramolecular Hbond substituents is 1. The molecule has 0 unspecified atom stereocenters. The second kappa shape index (κ2) is 7.15. The normalized spacial score (nSPS) is 18.5. The van der Waals surface area contributed by atoms with Crippen LogP contribution in [0.4, 0.5) is 5.82 Å². The van der Waals surface area contributed by atoms with Crippen LogP contribution in [0, 0.1) is 0 Å². The average molecular weight is 393 g/mol. The summed E-state index contributed by atoms with van der Waals surface area (Å²) in [5, 5.41) is 24.4. The van der Waals surface area contributed by atoms with Gasteiger partial charge in [-0.2, -0.15) is 5.10 Å². The number of hydrogen-bond acceptors (Lipinski definition) is 6. The smallest absolute Gasteiger partial charge is 0.144 e. The van der Waals surface area contributed by atoms with Gasteiger partial charge in [0.25, 0.3) is 0 Å². The van der Waals surface area contributed by atoms with Crippen LogP contribution >= 0.6 is 0 Å². The van der Waals surface area contributed by atoms with E-state index in [9.17, 15) is 5.11 Å². The maximum atomic E-state index is 10.5. The molecular formula is C22H28N6O. The lowest BCUT2D eigenvalue weighted by atomic mass is 9.79. The monoisotopic (exact) mass is 392 g/mol. The minimum Gasteiger partial charge on any atom is -0.507 e. The highest BCUT2D eigenvalue weighted by molar-refractivity contribution is 5.73. The third-order valence-electron chi connectivity index (χ3n) is 5.30. The quantitative estimate of drug-likeness (QED) is 0.536. The number of aromatic amines is 1. The van der Waals surface area contributed by atoms with Crippen molar-refractivity contribution >= 4 is 5.82 Å². The summed E-state index contributed by atoms with van der Waals surface area (Å²) in [5.41, 5.74) is 3.23. The van der Waals surface area contributed by atoms with Gasteiger partial charge in [-0.05, 0) is 58.2 Å². The van der Waals surface area contributed by atoms with Crippen molar-refractivity contribution in [1.82, 2.24) is 25.5 Å². The van der Waals surface area contributed by atoms with Gasteiger partial charge >= 0.3 is 0 Å². The number of H-pyrrole nitrogens is 1. The fraction of sp³-hybridized carbons (Fsp3) is 0.409. The Morgan fingerprint density at radius 1 is 1.00 bits per heavy atom. The van der Waals surface area contributed by atoms with Crippen molar-refractivity contribution < 1.29 is 5.11 Å². The van der Waals surface area contributed by atoms with Crippen molar-refractivity contribution in [2.45, 2.75) is 57.7 Å². The second-order valence-electron chi connectivity index (χ2n) is 9.15. The van der Waals surface area contributed by atoms with E-state index < -0.39 is 0 Å². The van der Waals surface area contributed by atoms with Crippen LogP contribution in [0.1, 0.15) is 40.5 Å². The van der Waals surface area contributed by atoms with Crippen LogP contribution in [0.15, 0.2) is 43.0 Å². The lowest BCUT2D eigenvalue weighted by Crippen LogP contribution is -2.60. The van der Waals surface area contributed by atoms with Crippen molar-refractivity contribution in [3.05, 3.63) is 43.0 Å². The molecule has 152 valence electrons. The zero-order valence-electron chi connectivity index (χ0n) is 17.3. The maximum Gasteiger partial charge on any atom is 0.144 e. The van der Waals surface area contributed by atoms with Gasteiger partial charge in [-0.25, -0.2) is 4.98 Å². The van der Waals surface area contributed by atoms with E-state index in [-0.39, 0.29) is 16.8 Å². The van der Waals surface area contributed by atoms with Gasteiger partial charge in [0.1, 0.15) is 11.6 Å². The van der Waals surface area contributed by atoms with Gasteiger partial charge in [0.2, 0.25) is 0 Å². The summed E-state index contributed by atoms with van der Waals surface area (Å²) >= 11 is 0. The molecular weight excluding hydrogens is 364 g/mol. The highest BCUT2D eigenvalue weighted by Crippen LogP contribution is 2.33. The predicted octanol–water partition coefficient (Wildman–Crippen LogP) is 3.96. The Balaban J connectivity index is 1.50. The number of phenols is 1. The van der Waals surface area contributed by atoms with Gasteiger partial charge in [-0.3, -0.25) is 10.1 Å². The molecule has 0 aliphatic carbocycles. The lowest BCUT2D eigenvalue weighted by Gasteiger charge is -2.46. The Labute approximate surface area is 171 Å². The zero-order valence-corrected chi connectivity index (χ0v) is 17.3. The number of anilines is 1. The van der Waals surface area contributed by atoms with E-state index in [1.165, 1.54) is 0 Å². The summed E-state index contributed by atoms with van der Waals surface area (Å²) < 4.78 is 0. The maximum absolute atomic E-state index is 10.5. The SMILES string of the molecule is CC1(C)CC(Nc2cnc(-c3ccc(-c4cn[nH]c4)cc3O)cn2)CC(C)(C)N1. The Hall–Kier alpha value is -2.93. The number of aromatic hydroxyl groups is 1. The van der Waals surface area contributed by atoms with E-state index >= 15 is 0 Å². The largest absolute Gasteiger partial charge is 0.507 e. The van der Waals surface area contributed by atoms with Crippen LogP contribution in [0.25, 0.3) is 22.4 Å². The summed E-state index contributed by atoms with van der Waals surface area (Å²) in [6.45, 7) is 8.92. The first kappa shape index (κ1) is 19.4. The fourth-order valence-corrected chi connectivity index (χ4v) is 4.51. The van der Waals surface area contributed by atoms with E-state index in [1.54, 1.807) is 30.9 Å². The van der Waals surface area contributed by atoms with Gasteiger partial charge in [0.05, 0.1) is 24.3 Å². The molecule has 0 saturated carbocycles. The van der Waals surface area contributed by atoms with Crippen LogP contribution in [0.5, 0.6) is 5.75 Å². The minimum absolute atomic E-state index is 0.0648. The summed E-state index contributed by atoms with van der Waals surface area (Å²) in [4.78, 5) is 9.06. The van der Waals surface area contributed by atoms with Crippen LogP contribution < -0.4 is 10.6 Å². The van der Waals surface area contributed by atoms with Crippen molar-refractivity contribution in [3.8, 4) is 28.1 Å². The van der Waals surface area contributed by atoms with Crippen molar-refractivity contribution in [2.75, 3.05) is 5.32 Å². The molecule has 0 radical (unpaired) electrons. The number of benzene rings is 1. The number of nitrogens with zero attached hydrogens (tertiary/aromatic N) is 3. The Morgan fingerprint density at radius 3 is 2.34 bits per heavy atom. The lowest BCUT2D eigenvalue weighted by molar-refractivity contribution is 0.170. The Morgan fingerprint density at radius 2 is 1.76 bits per heavy atom. The molecule has 4 rings (SSSR count). The summed E-state index contributed by atoms with van der Waals surface area (Å²) in [5.74, 6) is 0.919. The van der Waals surface area contributed by atoms with Crippen LogP contribution in [-0.4, -0.2) is 42.4 Å². The second-order valence-corrected chi connectivity index (χ2v) is 9.15. The van der Waals surface area contributed by atoms with Gasteiger partial charge in [0, 0.05) is 34.4 Å². The molecule has 1 aliphatic rings. The van der Waals surface area contributed by atoms with Crippen LogP contribution in [-0.2, 0) is 0 Å². The van der Waals surface area contributed by atoms with E-state index in [0.717, 1.165) is 29.8 Å². The third kappa shape index (κ3) is 4.40. The van der Waals surface area contributed by atoms with E-state index in [2.05, 4.69) is 58.5 Å². The first-order chi connectivity index (χ1) is 13.7. The van der Waals surface area contributed by atoms with Gasteiger partial charge in [-0.15, -0.1) is 0 Å². The van der Waals surface area contributed by atoms with Crippen molar-refractivity contribution in [1.29, 1.82) is 0 Å². The molecule has 1 aliphatic heterocycles. The van der Waals surface area contributed by atoms with Gasteiger partial charge in [0.15, 0.2) is 0 Å². The molecule has 1 saturated heterocycles. The topological polar surface area (TPSA) is 98.8 Å². The summed E-state index contributed by atoms with van der Waals surface area (Å²) in [6, 6.07) is 5.83. The third-order valence-corrected chi connectivity index (χ3v) is 5.30. The molecule has 7 heteroatoms. The summed E-state index contributed by atoms with van der Waals surface area (Å²) in [6.07, 6.45) is 8.97. The molecule has 29 heavy (non-hydrogen) atoms. The molecule has 0 bridgehead atoms. The highest BCUT2D eigenvalue weighted by Gasteiger charge is 2.37. The molecule has 0 amide bonds. The molecule has 2 aromatic heterocycles. The first-order valence-corrected chi connectivity index (χ1v) is 9.91. The van der Waals surface area contributed by atoms with Gasteiger partial charge < -0.3 is 15.7 Å². The summed E-state index contributed by atoms with van der Waals surface area (Å²) in [7, 11) is 0. The average Bonchev–Trinajstić information content (AvgIpc) is 3.14. The van der Waals surface area contributed by atoms with Crippen LogP contribution in [0.3, 0.4) is 0 Å². The van der Waals surface area contributed by atoms with Crippen molar-refractivity contribution in [3.63, 3.8) is 0 Å². The first-order valence-electron chi connectivity index (χ1n) is 9.91. The molecule has 4 N–H and O–H groups in total. The number of nitrogens with one attached hydrogen (secondary N) is 3. The Kier molecular flexibility index (Phi) is 4.78. The molecule has 3 heterocycles. The highest BCUT2D eigenvalue weighted by atomic mass is 16.3. The molecule has 0 spiro atoms. The number of rotatable bonds is 4. The van der Waals surface area contributed by atoms with Gasteiger partial charge in [-0.1, -0.05) is 6.07 Å². The standard InChI is InChI=1S/C22H28N6O/c1-21(2)8-16(9-22(3,4)28-21)27-20-13-23-18(12-24-20)17-6-5-14(7-19(17)29)15-10-25-26-11-15/h5-7,10-13,16,28-29H,8-9H2,1-4H3,(H,24,27)(H,25,26). The Bertz CT molecular complexity index is 963. The van der Waals surface area contributed by atoms with Crippen LogP contribution in [0.2, 0.25) is 0 Å². The number of piperidine rings is 1. The molecule has 3 aromatic rings. The fourth-order valence-electron chi connectivity index (χ4n) is 4.51. The van der Waals surface area contributed by atoms with E-state index in [4.69, 9.17) is 0 Å². The molecule has 1 fully saturated rings. The van der Waals surface area contributed by atoms with E-state index in [1.807, 2.05) is 12.1 Å². The zero-order chi connectivity index (χ0) is 20.6. The van der Waals surface area contributed by atoms with E-state index in [0.29, 0.717) is 17.3 Å². The minimum atomic E-state index is 0.0648.